The molecule has 0 aliphatic carbocycles. The minimum Gasteiger partial charge on any atom is -0.459 e. The van der Waals surface area contributed by atoms with E-state index in [2.05, 4.69) is 0 Å². The van der Waals surface area contributed by atoms with Gasteiger partial charge in [0.25, 0.3) is 0 Å². The van der Waals surface area contributed by atoms with Gasteiger partial charge < -0.3 is 9.47 Å². The first kappa shape index (κ1) is 12.9. The largest absolute Gasteiger partial charge is 0.459 e. The second-order valence-electron chi connectivity index (χ2n) is 3.97. The Labute approximate surface area is 102 Å². The molecule has 1 fully saturated rings. The molecule has 98 valence electrons. The molecule has 0 atom stereocenters. The SMILES string of the molecule is O=C(OC1CCOCC1)c1cc(F)c(F)c(F)c1. The normalized spacial score (nSPS) is 16.6. The molecule has 0 amide bonds. The van der Waals surface area contributed by atoms with E-state index in [1.807, 2.05) is 0 Å². The van der Waals surface area contributed by atoms with E-state index in [1.165, 1.54) is 0 Å². The van der Waals surface area contributed by atoms with Crippen LogP contribution in [0.2, 0.25) is 0 Å². The molecule has 3 nitrogen and oxygen atoms in total. The average Bonchev–Trinajstić information content (AvgIpc) is 2.36. The molecule has 0 saturated carbocycles. The first-order valence-corrected chi connectivity index (χ1v) is 5.51. The molecule has 0 spiro atoms. The zero-order chi connectivity index (χ0) is 13.1. The van der Waals surface area contributed by atoms with Crippen LogP contribution in [0.1, 0.15) is 23.2 Å². The lowest BCUT2D eigenvalue weighted by atomic mass is 10.1. The fourth-order valence-electron chi connectivity index (χ4n) is 1.69. The first-order valence-electron chi connectivity index (χ1n) is 5.51. The van der Waals surface area contributed by atoms with Gasteiger partial charge in [-0.1, -0.05) is 0 Å². The molecule has 1 aromatic rings. The maximum Gasteiger partial charge on any atom is 0.338 e. The van der Waals surface area contributed by atoms with E-state index in [1.54, 1.807) is 0 Å². The Kier molecular flexibility index (Phi) is 3.86. The third-order valence-corrected chi connectivity index (χ3v) is 2.66. The number of carbonyl (C=O) groups excluding carboxylic acids is 1. The number of halogens is 3. The summed E-state index contributed by atoms with van der Waals surface area (Å²) in [7, 11) is 0. The highest BCUT2D eigenvalue weighted by Crippen LogP contribution is 2.17. The van der Waals surface area contributed by atoms with Gasteiger partial charge in [0, 0.05) is 12.8 Å². The van der Waals surface area contributed by atoms with Gasteiger partial charge in [0.2, 0.25) is 0 Å². The van der Waals surface area contributed by atoms with Gasteiger partial charge in [-0.2, -0.15) is 0 Å². The number of rotatable bonds is 2. The van der Waals surface area contributed by atoms with E-state index in [-0.39, 0.29) is 11.7 Å². The molecule has 1 heterocycles. The van der Waals surface area contributed by atoms with Crippen molar-refractivity contribution < 1.29 is 27.4 Å². The molecule has 0 aromatic heterocycles. The molecule has 0 unspecified atom stereocenters. The highest BCUT2D eigenvalue weighted by molar-refractivity contribution is 5.89. The fourth-order valence-corrected chi connectivity index (χ4v) is 1.69. The number of ether oxygens (including phenoxy) is 2. The minimum atomic E-state index is -1.60. The molecule has 0 bridgehead atoms. The van der Waals surface area contributed by atoms with E-state index in [0.717, 1.165) is 0 Å². The summed E-state index contributed by atoms with van der Waals surface area (Å²) in [6.45, 7) is 0.953. The van der Waals surface area contributed by atoms with Crippen LogP contribution in [0, 0.1) is 17.5 Å². The van der Waals surface area contributed by atoms with Crippen molar-refractivity contribution in [3.63, 3.8) is 0 Å². The highest BCUT2D eigenvalue weighted by atomic mass is 19.2. The zero-order valence-corrected chi connectivity index (χ0v) is 9.42. The standard InChI is InChI=1S/C12H11F3O3/c13-9-5-7(6-10(14)11(9)15)12(16)18-8-1-3-17-4-2-8/h5-6,8H,1-4H2. The van der Waals surface area contributed by atoms with Crippen molar-refractivity contribution in [3.8, 4) is 0 Å². The van der Waals surface area contributed by atoms with E-state index in [9.17, 15) is 18.0 Å². The van der Waals surface area contributed by atoms with Crippen LogP contribution in [0.5, 0.6) is 0 Å². The summed E-state index contributed by atoms with van der Waals surface area (Å²) in [5, 5.41) is 0. The average molecular weight is 260 g/mol. The lowest BCUT2D eigenvalue weighted by Crippen LogP contribution is -2.26. The van der Waals surface area contributed by atoms with Crippen molar-refractivity contribution in [2.45, 2.75) is 18.9 Å². The number of carbonyl (C=O) groups is 1. The molecule has 1 saturated heterocycles. The van der Waals surface area contributed by atoms with Crippen LogP contribution in [-0.4, -0.2) is 25.3 Å². The van der Waals surface area contributed by atoms with Crippen LogP contribution in [0.3, 0.4) is 0 Å². The number of benzene rings is 1. The fraction of sp³-hybridized carbons (Fsp3) is 0.417. The lowest BCUT2D eigenvalue weighted by Gasteiger charge is -2.22. The highest BCUT2D eigenvalue weighted by Gasteiger charge is 2.21. The van der Waals surface area contributed by atoms with Crippen molar-refractivity contribution in [2.75, 3.05) is 13.2 Å². The summed E-state index contributed by atoms with van der Waals surface area (Å²) < 4.78 is 48.7. The summed E-state index contributed by atoms with van der Waals surface area (Å²) >= 11 is 0. The molecule has 0 radical (unpaired) electrons. The summed E-state index contributed by atoms with van der Waals surface area (Å²) in [5.41, 5.74) is -0.335. The Hall–Kier alpha value is -1.56. The molecular formula is C12H11F3O3. The quantitative estimate of drug-likeness (QED) is 0.605. The van der Waals surface area contributed by atoms with Crippen molar-refractivity contribution in [2.24, 2.45) is 0 Å². The molecular weight excluding hydrogens is 249 g/mol. The van der Waals surface area contributed by atoms with Crippen molar-refractivity contribution in [3.05, 3.63) is 35.1 Å². The van der Waals surface area contributed by atoms with E-state index in [0.29, 0.717) is 38.2 Å². The van der Waals surface area contributed by atoms with Crippen LogP contribution in [0.4, 0.5) is 13.2 Å². The Balaban J connectivity index is 2.08. The summed E-state index contributed by atoms with van der Waals surface area (Å²) in [6.07, 6.45) is 0.748. The van der Waals surface area contributed by atoms with E-state index < -0.39 is 23.4 Å². The predicted molar refractivity (Wildman–Crippen MR) is 55.6 cm³/mol. The Morgan fingerprint density at radius 1 is 1.17 bits per heavy atom. The van der Waals surface area contributed by atoms with Gasteiger partial charge in [-0.15, -0.1) is 0 Å². The third kappa shape index (κ3) is 2.81. The molecule has 1 aliphatic rings. The smallest absolute Gasteiger partial charge is 0.338 e. The van der Waals surface area contributed by atoms with Crippen LogP contribution in [0.25, 0.3) is 0 Å². The molecule has 1 aliphatic heterocycles. The molecule has 1 aromatic carbocycles. The van der Waals surface area contributed by atoms with Crippen molar-refractivity contribution >= 4 is 5.97 Å². The molecule has 6 heteroatoms. The summed E-state index contributed by atoms with van der Waals surface area (Å²) in [6, 6.07) is 1.25. The summed E-state index contributed by atoms with van der Waals surface area (Å²) in [4.78, 5) is 11.6. The van der Waals surface area contributed by atoms with Crippen LogP contribution in [-0.2, 0) is 9.47 Å². The van der Waals surface area contributed by atoms with Crippen molar-refractivity contribution in [1.82, 2.24) is 0 Å². The Morgan fingerprint density at radius 3 is 2.28 bits per heavy atom. The van der Waals surface area contributed by atoms with E-state index in [4.69, 9.17) is 9.47 Å². The molecule has 18 heavy (non-hydrogen) atoms. The van der Waals surface area contributed by atoms with Gasteiger partial charge in [-0.3, -0.25) is 0 Å². The molecule has 0 N–H and O–H groups in total. The van der Waals surface area contributed by atoms with Crippen LogP contribution >= 0.6 is 0 Å². The summed E-state index contributed by atoms with van der Waals surface area (Å²) in [5.74, 6) is -5.28. The van der Waals surface area contributed by atoms with Gasteiger partial charge in [-0.05, 0) is 12.1 Å². The second kappa shape index (κ2) is 5.39. The molecule has 2 rings (SSSR count). The van der Waals surface area contributed by atoms with Crippen molar-refractivity contribution in [1.29, 1.82) is 0 Å². The van der Waals surface area contributed by atoms with Gasteiger partial charge in [0.1, 0.15) is 6.10 Å². The van der Waals surface area contributed by atoms with Gasteiger partial charge in [0.15, 0.2) is 17.5 Å². The topological polar surface area (TPSA) is 35.5 Å². The monoisotopic (exact) mass is 260 g/mol. The maximum atomic E-state index is 12.9. The Bertz CT molecular complexity index is 433. The van der Waals surface area contributed by atoms with Gasteiger partial charge >= 0.3 is 5.97 Å². The van der Waals surface area contributed by atoms with Crippen LogP contribution in [0.15, 0.2) is 12.1 Å². The van der Waals surface area contributed by atoms with Crippen LogP contribution < -0.4 is 0 Å². The Morgan fingerprint density at radius 2 is 1.72 bits per heavy atom. The first-order chi connectivity index (χ1) is 8.58. The van der Waals surface area contributed by atoms with Gasteiger partial charge in [0.05, 0.1) is 18.8 Å². The van der Waals surface area contributed by atoms with Gasteiger partial charge in [-0.25, -0.2) is 18.0 Å². The number of esters is 1. The van der Waals surface area contributed by atoms with E-state index >= 15 is 0 Å². The zero-order valence-electron chi connectivity index (χ0n) is 9.42. The minimum absolute atomic E-state index is 0.331. The third-order valence-electron chi connectivity index (χ3n) is 2.66. The maximum absolute atomic E-state index is 12.9. The second-order valence-corrected chi connectivity index (χ2v) is 3.97. The lowest BCUT2D eigenvalue weighted by molar-refractivity contribution is -0.0160. The number of hydrogen-bond acceptors (Lipinski definition) is 3. The number of hydrogen-bond donors (Lipinski definition) is 0. The predicted octanol–water partition coefficient (Wildman–Crippen LogP) is 2.44.